The number of anilines is 1. The molecule has 1 amide bonds. The summed E-state index contributed by atoms with van der Waals surface area (Å²) in [7, 11) is 0. The average Bonchev–Trinajstić information content (AvgIpc) is 3.08. The maximum absolute atomic E-state index is 12.3. The van der Waals surface area contributed by atoms with Crippen LogP contribution in [-0.2, 0) is 27.3 Å². The van der Waals surface area contributed by atoms with Crippen LogP contribution < -0.4 is 5.32 Å². The van der Waals surface area contributed by atoms with Gasteiger partial charge in [0.15, 0.2) is 5.13 Å². The van der Waals surface area contributed by atoms with Gasteiger partial charge < -0.3 is 10.1 Å². The number of nitrogens with one attached hydrogen (secondary N) is 1. The van der Waals surface area contributed by atoms with Crippen molar-refractivity contribution >= 4 is 39.9 Å². The van der Waals surface area contributed by atoms with Gasteiger partial charge >= 0.3 is 5.97 Å². The van der Waals surface area contributed by atoms with Crippen molar-refractivity contribution in [1.82, 2.24) is 14.8 Å². The smallest absolute Gasteiger partial charge is 0.311 e. The van der Waals surface area contributed by atoms with E-state index in [0.717, 1.165) is 11.4 Å². The van der Waals surface area contributed by atoms with E-state index in [1.165, 1.54) is 11.3 Å². The van der Waals surface area contributed by atoms with Crippen LogP contribution in [-0.4, -0.2) is 33.2 Å². The standard InChI is InChI=1S/C16H21ClN4O3S/c1-5-24-13(22)6-12-8-25-16(18-12)19-15(23)9(2)7-21-11(4)14(17)10(3)20-21/h8-9H,5-7H2,1-4H3,(H,18,19,23). The molecule has 0 saturated heterocycles. The van der Waals surface area contributed by atoms with Crippen molar-refractivity contribution < 1.29 is 14.3 Å². The Hall–Kier alpha value is -1.93. The number of halogens is 1. The lowest BCUT2D eigenvalue weighted by atomic mass is 10.1. The zero-order valence-corrected chi connectivity index (χ0v) is 16.2. The molecule has 0 fully saturated rings. The lowest BCUT2D eigenvalue weighted by Crippen LogP contribution is -2.25. The van der Waals surface area contributed by atoms with Crippen molar-refractivity contribution in [2.24, 2.45) is 5.92 Å². The number of thiazole rings is 1. The first-order valence-corrected chi connectivity index (χ1v) is 9.18. The average molecular weight is 385 g/mol. The highest BCUT2D eigenvalue weighted by Gasteiger charge is 2.19. The lowest BCUT2D eigenvalue weighted by molar-refractivity contribution is -0.142. The molecule has 7 nitrogen and oxygen atoms in total. The third-order valence-electron chi connectivity index (χ3n) is 3.60. The fourth-order valence-electron chi connectivity index (χ4n) is 2.23. The predicted molar refractivity (Wildman–Crippen MR) is 97.0 cm³/mol. The molecule has 25 heavy (non-hydrogen) atoms. The number of aromatic nitrogens is 3. The van der Waals surface area contributed by atoms with Crippen LogP contribution >= 0.6 is 22.9 Å². The van der Waals surface area contributed by atoms with E-state index in [0.29, 0.717) is 29.0 Å². The minimum atomic E-state index is -0.333. The minimum absolute atomic E-state index is 0.0972. The molecule has 2 rings (SSSR count). The highest BCUT2D eigenvalue weighted by atomic mass is 35.5. The molecular formula is C16H21ClN4O3S. The summed E-state index contributed by atoms with van der Waals surface area (Å²) in [6.07, 6.45) is 0.0972. The Morgan fingerprint density at radius 2 is 2.16 bits per heavy atom. The minimum Gasteiger partial charge on any atom is -0.466 e. The van der Waals surface area contributed by atoms with E-state index < -0.39 is 0 Å². The number of hydrogen-bond acceptors (Lipinski definition) is 6. The Labute approximate surface area is 155 Å². The fraction of sp³-hybridized carbons (Fsp3) is 0.500. The predicted octanol–water partition coefficient (Wildman–Crippen LogP) is 2.99. The van der Waals surface area contributed by atoms with E-state index in [2.05, 4.69) is 15.4 Å². The molecule has 0 aromatic carbocycles. The third-order valence-corrected chi connectivity index (χ3v) is 4.95. The van der Waals surface area contributed by atoms with E-state index in [1.807, 2.05) is 20.8 Å². The molecule has 0 saturated carbocycles. The van der Waals surface area contributed by atoms with Gasteiger partial charge in [-0.15, -0.1) is 11.3 Å². The summed E-state index contributed by atoms with van der Waals surface area (Å²) in [5.41, 5.74) is 2.16. The molecule has 9 heteroatoms. The van der Waals surface area contributed by atoms with Gasteiger partial charge in [0.1, 0.15) is 0 Å². The van der Waals surface area contributed by atoms with E-state index in [9.17, 15) is 9.59 Å². The van der Waals surface area contributed by atoms with Gasteiger partial charge in [0.05, 0.1) is 47.6 Å². The van der Waals surface area contributed by atoms with Gasteiger partial charge in [-0.1, -0.05) is 18.5 Å². The van der Waals surface area contributed by atoms with Crippen LogP contribution in [0.25, 0.3) is 0 Å². The normalized spacial score (nSPS) is 12.0. The van der Waals surface area contributed by atoms with Crippen LogP contribution in [0.1, 0.15) is 30.9 Å². The van der Waals surface area contributed by atoms with Crippen LogP contribution in [0.4, 0.5) is 5.13 Å². The van der Waals surface area contributed by atoms with Gasteiger partial charge in [-0.2, -0.15) is 5.10 Å². The molecule has 0 aliphatic heterocycles. The number of esters is 1. The van der Waals surface area contributed by atoms with Crippen molar-refractivity contribution in [1.29, 1.82) is 0 Å². The number of amides is 1. The van der Waals surface area contributed by atoms with Crippen LogP contribution in [0.2, 0.25) is 5.02 Å². The molecule has 2 heterocycles. The Balaban J connectivity index is 1.93. The Kier molecular flexibility index (Phi) is 6.55. The molecule has 2 aromatic heterocycles. The zero-order valence-electron chi connectivity index (χ0n) is 14.6. The number of aryl methyl sites for hydroxylation is 1. The molecule has 1 atom stereocenters. The van der Waals surface area contributed by atoms with Gasteiger partial charge in [0.25, 0.3) is 0 Å². The number of ether oxygens (including phenoxy) is 1. The topological polar surface area (TPSA) is 86.1 Å². The summed E-state index contributed by atoms with van der Waals surface area (Å²) in [6.45, 7) is 8.02. The van der Waals surface area contributed by atoms with Gasteiger partial charge in [-0.05, 0) is 20.8 Å². The van der Waals surface area contributed by atoms with Crippen LogP contribution in [0.15, 0.2) is 5.38 Å². The van der Waals surface area contributed by atoms with Crippen molar-refractivity contribution in [3.8, 4) is 0 Å². The molecule has 0 spiro atoms. The van der Waals surface area contributed by atoms with E-state index in [1.54, 1.807) is 17.0 Å². The SMILES string of the molecule is CCOC(=O)Cc1csc(NC(=O)C(C)Cn2nc(C)c(Cl)c2C)n1. The summed E-state index contributed by atoms with van der Waals surface area (Å²) in [4.78, 5) is 28.0. The second kappa shape index (κ2) is 8.44. The second-order valence-corrected chi connectivity index (χ2v) is 6.92. The molecule has 1 N–H and O–H groups in total. The Morgan fingerprint density at radius 3 is 2.76 bits per heavy atom. The molecule has 2 aromatic rings. The first kappa shape index (κ1) is 19.4. The molecule has 0 radical (unpaired) electrons. The Morgan fingerprint density at radius 1 is 1.44 bits per heavy atom. The lowest BCUT2D eigenvalue weighted by Gasteiger charge is -2.12. The van der Waals surface area contributed by atoms with Crippen molar-refractivity contribution in [2.75, 3.05) is 11.9 Å². The van der Waals surface area contributed by atoms with Gasteiger partial charge in [-0.3, -0.25) is 14.3 Å². The highest BCUT2D eigenvalue weighted by molar-refractivity contribution is 7.13. The largest absolute Gasteiger partial charge is 0.466 e. The Bertz CT molecular complexity index is 772. The number of rotatable bonds is 7. The molecule has 1 unspecified atom stereocenters. The van der Waals surface area contributed by atoms with E-state index in [-0.39, 0.29) is 24.2 Å². The number of carbonyl (C=O) groups is 2. The zero-order chi connectivity index (χ0) is 18.6. The number of nitrogens with zero attached hydrogens (tertiary/aromatic N) is 3. The van der Waals surface area contributed by atoms with Crippen molar-refractivity contribution in [3.05, 3.63) is 27.5 Å². The number of hydrogen-bond donors (Lipinski definition) is 1. The van der Waals surface area contributed by atoms with Gasteiger partial charge in [-0.25, -0.2) is 4.98 Å². The summed E-state index contributed by atoms with van der Waals surface area (Å²) in [6, 6.07) is 0. The maximum Gasteiger partial charge on any atom is 0.311 e. The van der Waals surface area contributed by atoms with Crippen LogP contribution in [0.5, 0.6) is 0 Å². The molecule has 0 bridgehead atoms. The quantitative estimate of drug-likeness (QED) is 0.741. The van der Waals surface area contributed by atoms with Crippen LogP contribution in [0.3, 0.4) is 0 Å². The highest BCUT2D eigenvalue weighted by Crippen LogP contribution is 2.21. The van der Waals surface area contributed by atoms with Gasteiger partial charge in [0.2, 0.25) is 5.91 Å². The molecule has 0 aliphatic carbocycles. The van der Waals surface area contributed by atoms with E-state index in [4.69, 9.17) is 16.3 Å². The first-order valence-electron chi connectivity index (χ1n) is 7.92. The van der Waals surface area contributed by atoms with Crippen molar-refractivity contribution in [2.45, 2.75) is 40.7 Å². The molecular weight excluding hydrogens is 364 g/mol. The van der Waals surface area contributed by atoms with E-state index >= 15 is 0 Å². The molecule has 0 aliphatic rings. The fourth-order valence-corrected chi connectivity index (χ4v) is 3.08. The number of carbonyl (C=O) groups excluding carboxylic acids is 2. The second-order valence-electron chi connectivity index (χ2n) is 5.68. The summed E-state index contributed by atoms with van der Waals surface area (Å²) < 4.78 is 6.61. The molecule has 136 valence electrons. The summed E-state index contributed by atoms with van der Waals surface area (Å²) in [5, 5.41) is 9.92. The van der Waals surface area contributed by atoms with Crippen molar-refractivity contribution in [3.63, 3.8) is 0 Å². The first-order chi connectivity index (χ1) is 11.8. The maximum atomic E-state index is 12.3. The summed E-state index contributed by atoms with van der Waals surface area (Å²) in [5.74, 6) is -0.812. The van der Waals surface area contributed by atoms with Crippen LogP contribution in [0, 0.1) is 19.8 Å². The van der Waals surface area contributed by atoms with Gasteiger partial charge in [0, 0.05) is 5.38 Å². The summed E-state index contributed by atoms with van der Waals surface area (Å²) >= 11 is 7.40. The third kappa shape index (κ3) is 5.02. The monoisotopic (exact) mass is 384 g/mol.